The predicted molar refractivity (Wildman–Crippen MR) is 78.2 cm³/mol. The number of esters is 1. The SMILES string of the molecule is CCOC(=O)C(c1cccc2ccccc12)C(C)C. The lowest BCUT2D eigenvalue weighted by Crippen LogP contribution is -2.21. The highest BCUT2D eigenvalue weighted by Gasteiger charge is 2.26. The summed E-state index contributed by atoms with van der Waals surface area (Å²) in [5, 5.41) is 2.30. The van der Waals surface area contributed by atoms with Crippen molar-refractivity contribution in [1.82, 2.24) is 0 Å². The Morgan fingerprint density at radius 1 is 1.11 bits per heavy atom. The molecule has 0 saturated carbocycles. The number of fused-ring (bicyclic) bond motifs is 1. The molecule has 1 atom stereocenters. The summed E-state index contributed by atoms with van der Waals surface area (Å²) in [7, 11) is 0. The predicted octanol–water partition coefficient (Wildman–Crippen LogP) is 4.14. The summed E-state index contributed by atoms with van der Waals surface area (Å²) in [6.07, 6.45) is 0. The van der Waals surface area contributed by atoms with Crippen LogP contribution in [-0.2, 0) is 9.53 Å². The molecular formula is C17H20O2. The second-order valence-electron chi connectivity index (χ2n) is 5.04. The van der Waals surface area contributed by atoms with Crippen LogP contribution in [0.4, 0.5) is 0 Å². The summed E-state index contributed by atoms with van der Waals surface area (Å²) in [4.78, 5) is 12.2. The van der Waals surface area contributed by atoms with Gasteiger partial charge in [-0.3, -0.25) is 4.79 Å². The Morgan fingerprint density at radius 2 is 1.79 bits per heavy atom. The summed E-state index contributed by atoms with van der Waals surface area (Å²) in [6.45, 7) is 6.39. The van der Waals surface area contributed by atoms with Crippen LogP contribution in [0, 0.1) is 5.92 Å². The van der Waals surface area contributed by atoms with Crippen molar-refractivity contribution >= 4 is 16.7 Å². The molecule has 2 heteroatoms. The zero-order valence-corrected chi connectivity index (χ0v) is 11.7. The Labute approximate surface area is 114 Å². The van der Waals surface area contributed by atoms with Gasteiger partial charge in [0, 0.05) is 0 Å². The fraction of sp³-hybridized carbons (Fsp3) is 0.353. The van der Waals surface area contributed by atoms with Crippen LogP contribution < -0.4 is 0 Å². The normalized spacial score (nSPS) is 12.6. The average molecular weight is 256 g/mol. The first-order chi connectivity index (χ1) is 9.15. The van der Waals surface area contributed by atoms with Gasteiger partial charge in [-0.25, -0.2) is 0 Å². The third kappa shape index (κ3) is 2.78. The van der Waals surface area contributed by atoms with E-state index in [9.17, 15) is 4.79 Å². The van der Waals surface area contributed by atoms with Crippen LogP contribution in [0.3, 0.4) is 0 Å². The Kier molecular flexibility index (Phi) is 4.20. The zero-order chi connectivity index (χ0) is 13.8. The number of hydrogen-bond acceptors (Lipinski definition) is 2. The van der Waals surface area contributed by atoms with Gasteiger partial charge in [-0.1, -0.05) is 56.3 Å². The second-order valence-corrected chi connectivity index (χ2v) is 5.04. The minimum absolute atomic E-state index is 0.131. The van der Waals surface area contributed by atoms with Crippen LogP contribution in [0.2, 0.25) is 0 Å². The van der Waals surface area contributed by atoms with Crippen molar-refractivity contribution < 1.29 is 9.53 Å². The van der Waals surface area contributed by atoms with Gasteiger partial charge in [-0.2, -0.15) is 0 Å². The molecule has 1 unspecified atom stereocenters. The molecule has 0 N–H and O–H groups in total. The summed E-state index contributed by atoms with van der Waals surface area (Å²) in [5.74, 6) is -0.121. The van der Waals surface area contributed by atoms with Crippen LogP contribution in [0.1, 0.15) is 32.3 Å². The van der Waals surface area contributed by atoms with Gasteiger partial charge in [0.1, 0.15) is 0 Å². The van der Waals surface area contributed by atoms with Crippen LogP contribution in [-0.4, -0.2) is 12.6 Å². The molecule has 0 spiro atoms. The molecule has 0 aliphatic carbocycles. The van der Waals surface area contributed by atoms with Crippen LogP contribution in [0.5, 0.6) is 0 Å². The molecule has 0 heterocycles. The summed E-state index contributed by atoms with van der Waals surface area (Å²) < 4.78 is 5.23. The summed E-state index contributed by atoms with van der Waals surface area (Å²) in [6, 6.07) is 14.3. The minimum Gasteiger partial charge on any atom is -0.466 e. The van der Waals surface area contributed by atoms with Crippen molar-refractivity contribution in [3.63, 3.8) is 0 Å². The van der Waals surface area contributed by atoms with Crippen molar-refractivity contribution in [3.05, 3.63) is 48.0 Å². The average Bonchev–Trinajstić information content (AvgIpc) is 2.39. The molecule has 0 bridgehead atoms. The molecule has 100 valence electrons. The maximum atomic E-state index is 12.2. The summed E-state index contributed by atoms with van der Waals surface area (Å²) >= 11 is 0. The fourth-order valence-corrected chi connectivity index (χ4v) is 2.51. The van der Waals surface area contributed by atoms with E-state index in [-0.39, 0.29) is 17.8 Å². The van der Waals surface area contributed by atoms with Crippen molar-refractivity contribution in [3.8, 4) is 0 Å². The van der Waals surface area contributed by atoms with Gasteiger partial charge < -0.3 is 4.74 Å². The van der Waals surface area contributed by atoms with Crippen LogP contribution in [0.25, 0.3) is 10.8 Å². The summed E-state index contributed by atoms with van der Waals surface area (Å²) in [5.41, 5.74) is 1.06. The number of rotatable bonds is 4. The molecule has 2 aromatic carbocycles. The van der Waals surface area contributed by atoms with Gasteiger partial charge in [0.05, 0.1) is 12.5 Å². The molecule has 0 aliphatic rings. The van der Waals surface area contributed by atoms with E-state index in [4.69, 9.17) is 4.74 Å². The van der Waals surface area contributed by atoms with Gasteiger partial charge in [-0.05, 0) is 29.2 Å². The van der Waals surface area contributed by atoms with E-state index in [2.05, 4.69) is 32.0 Å². The van der Waals surface area contributed by atoms with Crippen molar-refractivity contribution in [1.29, 1.82) is 0 Å². The van der Waals surface area contributed by atoms with Gasteiger partial charge in [0.2, 0.25) is 0 Å². The van der Waals surface area contributed by atoms with Gasteiger partial charge in [0.15, 0.2) is 0 Å². The van der Waals surface area contributed by atoms with Crippen LogP contribution >= 0.6 is 0 Å². The molecule has 0 radical (unpaired) electrons. The zero-order valence-electron chi connectivity index (χ0n) is 11.7. The Morgan fingerprint density at radius 3 is 2.47 bits per heavy atom. The first-order valence-corrected chi connectivity index (χ1v) is 6.79. The first-order valence-electron chi connectivity index (χ1n) is 6.79. The minimum atomic E-state index is -0.203. The monoisotopic (exact) mass is 256 g/mol. The topological polar surface area (TPSA) is 26.3 Å². The lowest BCUT2D eigenvalue weighted by Gasteiger charge is -2.21. The third-order valence-electron chi connectivity index (χ3n) is 3.37. The Bertz CT molecular complexity index is 567. The number of carbonyl (C=O) groups excluding carboxylic acids is 1. The van der Waals surface area contributed by atoms with E-state index >= 15 is 0 Å². The molecule has 0 saturated heterocycles. The molecule has 0 aromatic heterocycles. The molecule has 2 rings (SSSR count). The second kappa shape index (κ2) is 5.87. The fourth-order valence-electron chi connectivity index (χ4n) is 2.51. The van der Waals surface area contributed by atoms with E-state index in [1.54, 1.807) is 0 Å². The van der Waals surface area contributed by atoms with Gasteiger partial charge in [0.25, 0.3) is 0 Å². The highest BCUT2D eigenvalue weighted by Crippen LogP contribution is 2.31. The van der Waals surface area contributed by atoms with E-state index in [1.165, 1.54) is 0 Å². The Hall–Kier alpha value is -1.83. The Balaban J connectivity index is 2.53. The molecule has 2 aromatic rings. The van der Waals surface area contributed by atoms with E-state index < -0.39 is 0 Å². The highest BCUT2D eigenvalue weighted by molar-refractivity contribution is 5.91. The molecule has 0 fully saturated rings. The van der Waals surface area contributed by atoms with Crippen LogP contribution in [0.15, 0.2) is 42.5 Å². The molecule has 19 heavy (non-hydrogen) atoms. The maximum Gasteiger partial charge on any atom is 0.313 e. The first kappa shape index (κ1) is 13.6. The van der Waals surface area contributed by atoms with E-state index in [1.807, 2.05) is 31.2 Å². The largest absolute Gasteiger partial charge is 0.466 e. The number of carbonyl (C=O) groups is 1. The van der Waals surface area contributed by atoms with Crippen molar-refractivity contribution in [2.75, 3.05) is 6.61 Å². The molecule has 2 nitrogen and oxygen atoms in total. The standard InChI is InChI=1S/C17H20O2/c1-4-19-17(18)16(12(2)3)15-11-7-9-13-8-5-6-10-14(13)15/h5-12,16H,4H2,1-3H3. The quantitative estimate of drug-likeness (QED) is 0.768. The number of ether oxygens (including phenoxy) is 1. The number of benzene rings is 2. The molecule has 0 aliphatic heterocycles. The highest BCUT2D eigenvalue weighted by atomic mass is 16.5. The van der Waals surface area contributed by atoms with Gasteiger partial charge in [-0.15, -0.1) is 0 Å². The maximum absolute atomic E-state index is 12.2. The van der Waals surface area contributed by atoms with Crippen molar-refractivity contribution in [2.24, 2.45) is 5.92 Å². The van der Waals surface area contributed by atoms with E-state index in [0.717, 1.165) is 16.3 Å². The lowest BCUT2D eigenvalue weighted by atomic mass is 9.85. The third-order valence-corrected chi connectivity index (χ3v) is 3.37. The molecule has 0 amide bonds. The van der Waals surface area contributed by atoms with E-state index in [0.29, 0.717) is 6.61 Å². The smallest absolute Gasteiger partial charge is 0.313 e. The van der Waals surface area contributed by atoms with Crippen molar-refractivity contribution in [2.45, 2.75) is 26.7 Å². The number of hydrogen-bond donors (Lipinski definition) is 0. The van der Waals surface area contributed by atoms with Gasteiger partial charge >= 0.3 is 5.97 Å². The lowest BCUT2D eigenvalue weighted by molar-refractivity contribution is -0.146. The molecular weight excluding hydrogens is 236 g/mol.